The Bertz CT molecular complexity index is 348. The van der Waals surface area contributed by atoms with Crippen LogP contribution in [0.4, 0.5) is 0 Å². The Hall–Kier alpha value is -0.450. The first-order valence-corrected chi connectivity index (χ1v) is 7.45. The molecule has 0 radical (unpaired) electrons. The highest BCUT2D eigenvalue weighted by atomic mass is 32.1. The zero-order chi connectivity index (χ0) is 12.3. The molecule has 1 aliphatic rings. The molecule has 1 fully saturated rings. The maximum absolute atomic E-state index is 4.80. The lowest BCUT2D eigenvalue weighted by Crippen LogP contribution is -2.30. The zero-order valence-corrected chi connectivity index (χ0v) is 11.9. The number of rotatable bonds is 5. The van der Waals surface area contributed by atoms with Crippen LogP contribution in [0.3, 0.4) is 0 Å². The van der Waals surface area contributed by atoms with Crippen molar-refractivity contribution in [3.8, 4) is 0 Å². The summed E-state index contributed by atoms with van der Waals surface area (Å²) in [5.74, 6) is 0. The Morgan fingerprint density at radius 3 is 3.12 bits per heavy atom. The third-order valence-electron chi connectivity index (χ3n) is 3.44. The van der Waals surface area contributed by atoms with Gasteiger partial charge in [-0.25, -0.2) is 4.98 Å². The van der Waals surface area contributed by atoms with Crippen LogP contribution in [0.25, 0.3) is 0 Å². The number of likely N-dealkylation sites (tertiary alicyclic amines) is 1. The maximum Gasteiger partial charge on any atom is 0.110 e. The molecule has 0 amide bonds. The maximum atomic E-state index is 4.80. The summed E-state index contributed by atoms with van der Waals surface area (Å²) in [7, 11) is 1.99. The van der Waals surface area contributed by atoms with Crippen molar-refractivity contribution in [1.29, 1.82) is 0 Å². The van der Waals surface area contributed by atoms with Gasteiger partial charge in [0.05, 0.1) is 11.7 Å². The summed E-state index contributed by atoms with van der Waals surface area (Å²) in [5.41, 5.74) is 1.25. The molecule has 1 atom stereocenters. The molecule has 0 bridgehead atoms. The van der Waals surface area contributed by atoms with E-state index in [1.54, 1.807) is 0 Å². The molecular weight excluding hydrogens is 230 g/mol. The molecular formula is C13H23N3S. The van der Waals surface area contributed by atoms with Crippen LogP contribution in [-0.4, -0.2) is 36.1 Å². The van der Waals surface area contributed by atoms with E-state index in [0.717, 1.165) is 13.0 Å². The van der Waals surface area contributed by atoms with Gasteiger partial charge in [0.25, 0.3) is 0 Å². The summed E-state index contributed by atoms with van der Waals surface area (Å²) >= 11 is 1.84. The smallest absolute Gasteiger partial charge is 0.110 e. The third-order valence-corrected chi connectivity index (χ3v) is 4.44. The summed E-state index contributed by atoms with van der Waals surface area (Å²) in [4.78, 5) is 7.38. The normalized spacial score (nSPS) is 21.5. The van der Waals surface area contributed by atoms with Gasteiger partial charge in [0, 0.05) is 24.4 Å². The summed E-state index contributed by atoms with van der Waals surface area (Å²) in [6.45, 7) is 6.82. The van der Waals surface area contributed by atoms with E-state index in [1.807, 2.05) is 18.4 Å². The van der Waals surface area contributed by atoms with Crippen LogP contribution >= 0.6 is 11.3 Å². The highest BCUT2D eigenvalue weighted by Gasteiger charge is 2.29. The van der Waals surface area contributed by atoms with Gasteiger partial charge in [0.2, 0.25) is 0 Å². The Balaban J connectivity index is 2.03. The lowest BCUT2D eigenvalue weighted by atomic mass is 10.2. The lowest BCUT2D eigenvalue weighted by molar-refractivity contribution is 0.205. The Labute approximate surface area is 108 Å². The first-order chi connectivity index (χ1) is 8.22. The fourth-order valence-corrected chi connectivity index (χ4v) is 3.52. The molecule has 0 aliphatic carbocycles. The zero-order valence-electron chi connectivity index (χ0n) is 11.1. The van der Waals surface area contributed by atoms with E-state index >= 15 is 0 Å². The molecule has 1 saturated heterocycles. The topological polar surface area (TPSA) is 28.2 Å². The molecule has 96 valence electrons. The van der Waals surface area contributed by atoms with Gasteiger partial charge < -0.3 is 5.32 Å². The van der Waals surface area contributed by atoms with Gasteiger partial charge in [-0.05, 0) is 40.3 Å². The summed E-state index contributed by atoms with van der Waals surface area (Å²) in [5, 5.41) is 6.72. The standard InChI is InChI=1S/C13H23N3S/c1-10(2)16-8-4-5-12(16)13-15-11(9-17-13)6-7-14-3/h9-10,12,14H,4-8H2,1-3H3. The fraction of sp³-hybridized carbons (Fsp3) is 0.769. The van der Waals surface area contributed by atoms with Gasteiger partial charge in [-0.15, -0.1) is 11.3 Å². The molecule has 3 nitrogen and oxygen atoms in total. The molecule has 0 aromatic carbocycles. The predicted octanol–water partition coefficient (Wildman–Crippen LogP) is 2.45. The third kappa shape index (κ3) is 3.06. The van der Waals surface area contributed by atoms with Crippen LogP contribution in [0, 0.1) is 0 Å². The number of likely N-dealkylation sites (N-methyl/N-ethyl adjacent to an activating group) is 1. The van der Waals surface area contributed by atoms with E-state index in [-0.39, 0.29) is 0 Å². The molecule has 1 unspecified atom stereocenters. The molecule has 0 spiro atoms. The van der Waals surface area contributed by atoms with Crippen molar-refractivity contribution < 1.29 is 0 Å². The van der Waals surface area contributed by atoms with Crippen LogP contribution in [0.5, 0.6) is 0 Å². The Kier molecular flexibility index (Phi) is 4.54. The van der Waals surface area contributed by atoms with Crippen LogP contribution in [0.15, 0.2) is 5.38 Å². The van der Waals surface area contributed by atoms with Gasteiger partial charge in [-0.3, -0.25) is 4.90 Å². The van der Waals surface area contributed by atoms with Crippen molar-refractivity contribution in [2.45, 2.75) is 45.2 Å². The minimum absolute atomic E-state index is 0.573. The lowest BCUT2D eigenvalue weighted by Gasteiger charge is -2.26. The van der Waals surface area contributed by atoms with E-state index < -0.39 is 0 Å². The number of hydrogen-bond donors (Lipinski definition) is 1. The van der Waals surface area contributed by atoms with E-state index in [4.69, 9.17) is 4.98 Å². The van der Waals surface area contributed by atoms with Crippen LogP contribution in [-0.2, 0) is 6.42 Å². The SMILES string of the molecule is CNCCc1csc(C2CCCN2C(C)C)n1. The minimum Gasteiger partial charge on any atom is -0.319 e. The number of thiazole rings is 1. The minimum atomic E-state index is 0.573. The molecule has 1 aliphatic heterocycles. The molecule has 2 heterocycles. The average molecular weight is 253 g/mol. The van der Waals surface area contributed by atoms with Crippen molar-refractivity contribution in [2.75, 3.05) is 20.1 Å². The van der Waals surface area contributed by atoms with Crippen LogP contribution in [0.1, 0.15) is 43.4 Å². The molecule has 2 rings (SSSR count). The monoisotopic (exact) mass is 253 g/mol. The second-order valence-electron chi connectivity index (χ2n) is 5.02. The van der Waals surface area contributed by atoms with E-state index in [0.29, 0.717) is 12.1 Å². The molecule has 0 saturated carbocycles. The Morgan fingerprint density at radius 1 is 1.59 bits per heavy atom. The molecule has 1 aromatic heterocycles. The van der Waals surface area contributed by atoms with Gasteiger partial charge in [0.15, 0.2) is 0 Å². The molecule has 1 N–H and O–H groups in total. The van der Waals surface area contributed by atoms with Crippen molar-refractivity contribution in [3.63, 3.8) is 0 Å². The van der Waals surface area contributed by atoms with E-state index in [9.17, 15) is 0 Å². The average Bonchev–Trinajstić information content (AvgIpc) is 2.94. The number of aromatic nitrogens is 1. The number of hydrogen-bond acceptors (Lipinski definition) is 4. The van der Waals surface area contributed by atoms with Crippen molar-refractivity contribution in [2.24, 2.45) is 0 Å². The second-order valence-corrected chi connectivity index (χ2v) is 5.91. The van der Waals surface area contributed by atoms with Crippen LogP contribution in [0.2, 0.25) is 0 Å². The molecule has 1 aromatic rings. The summed E-state index contributed by atoms with van der Waals surface area (Å²) in [6, 6.07) is 1.20. The van der Waals surface area contributed by atoms with Gasteiger partial charge in [-0.2, -0.15) is 0 Å². The molecule has 4 heteroatoms. The highest BCUT2D eigenvalue weighted by molar-refractivity contribution is 7.09. The Morgan fingerprint density at radius 2 is 2.41 bits per heavy atom. The van der Waals surface area contributed by atoms with Gasteiger partial charge in [0.1, 0.15) is 5.01 Å². The first-order valence-electron chi connectivity index (χ1n) is 6.57. The van der Waals surface area contributed by atoms with E-state index in [2.05, 4.69) is 29.4 Å². The largest absolute Gasteiger partial charge is 0.319 e. The van der Waals surface area contributed by atoms with Gasteiger partial charge >= 0.3 is 0 Å². The molecule has 17 heavy (non-hydrogen) atoms. The fourth-order valence-electron chi connectivity index (χ4n) is 2.52. The summed E-state index contributed by atoms with van der Waals surface area (Å²) < 4.78 is 0. The quantitative estimate of drug-likeness (QED) is 0.873. The number of nitrogens with zero attached hydrogens (tertiary/aromatic N) is 2. The van der Waals surface area contributed by atoms with Crippen molar-refractivity contribution in [3.05, 3.63) is 16.1 Å². The van der Waals surface area contributed by atoms with Crippen molar-refractivity contribution in [1.82, 2.24) is 15.2 Å². The second kappa shape index (κ2) is 5.94. The summed E-state index contributed by atoms with van der Waals surface area (Å²) in [6.07, 6.45) is 3.63. The highest BCUT2D eigenvalue weighted by Crippen LogP contribution is 2.34. The predicted molar refractivity (Wildman–Crippen MR) is 73.6 cm³/mol. The van der Waals surface area contributed by atoms with E-state index in [1.165, 1.54) is 30.1 Å². The van der Waals surface area contributed by atoms with Gasteiger partial charge in [-0.1, -0.05) is 0 Å². The van der Waals surface area contributed by atoms with Crippen LogP contribution < -0.4 is 5.32 Å². The number of nitrogens with one attached hydrogen (secondary N) is 1. The van der Waals surface area contributed by atoms with Crippen molar-refractivity contribution >= 4 is 11.3 Å². The first kappa shape index (κ1) is 13.0.